The molecule has 4 aromatic rings. The highest BCUT2D eigenvalue weighted by Gasteiger charge is 2.33. The monoisotopic (exact) mass is 572 g/mol. The van der Waals surface area contributed by atoms with Gasteiger partial charge in [0.2, 0.25) is 5.82 Å². The highest BCUT2D eigenvalue weighted by atomic mass is 32.2. The van der Waals surface area contributed by atoms with Crippen LogP contribution in [0.4, 0.5) is 39.5 Å². The van der Waals surface area contributed by atoms with Crippen molar-refractivity contribution in [3.8, 4) is 22.3 Å². The lowest BCUT2D eigenvalue weighted by Crippen LogP contribution is -2.09. The lowest BCUT2D eigenvalue weighted by Gasteiger charge is -2.12. The molecule has 0 saturated heterocycles. The van der Waals surface area contributed by atoms with Crippen LogP contribution in [-0.2, 0) is 0 Å². The normalized spacial score (nSPS) is 10.8. The van der Waals surface area contributed by atoms with E-state index in [1.54, 1.807) is 0 Å². The van der Waals surface area contributed by atoms with Crippen molar-refractivity contribution >= 4 is 11.8 Å². The van der Waals surface area contributed by atoms with Crippen LogP contribution in [0.1, 0.15) is 25.3 Å². The molecule has 0 aromatic heterocycles. The van der Waals surface area contributed by atoms with E-state index in [1.165, 1.54) is 34.6 Å². The predicted molar refractivity (Wildman–Crippen MR) is 134 cm³/mol. The molecule has 4 rings (SSSR count). The second-order valence-corrected chi connectivity index (χ2v) is 9.40. The Morgan fingerprint density at radius 3 is 1.49 bits per heavy atom. The van der Waals surface area contributed by atoms with Crippen LogP contribution in [0.3, 0.4) is 0 Å². The molecular weight excluding hydrogens is 551 g/mol. The van der Waals surface area contributed by atoms with Crippen LogP contribution in [-0.4, -0.2) is 5.75 Å². The van der Waals surface area contributed by atoms with Crippen molar-refractivity contribution in [2.45, 2.75) is 31.6 Å². The lowest BCUT2D eigenvalue weighted by atomic mass is 9.99. The molecule has 39 heavy (non-hydrogen) atoms. The third kappa shape index (κ3) is 6.27. The molecule has 0 amide bonds. The zero-order valence-corrected chi connectivity index (χ0v) is 21.4. The molecule has 0 nitrogen and oxygen atoms in total. The van der Waals surface area contributed by atoms with E-state index < -0.39 is 69.0 Å². The van der Waals surface area contributed by atoms with Gasteiger partial charge in [-0.05, 0) is 36.3 Å². The molecular formula is C29H21F9S. The Balaban J connectivity index is 0.000000223. The van der Waals surface area contributed by atoms with Gasteiger partial charge in [0.25, 0.3) is 0 Å². The Bertz CT molecular complexity index is 1340. The molecule has 0 aliphatic carbocycles. The summed E-state index contributed by atoms with van der Waals surface area (Å²) in [6, 6.07) is 19.3. The maximum absolute atomic E-state index is 13.7. The van der Waals surface area contributed by atoms with E-state index in [2.05, 4.69) is 61.5 Å². The smallest absolute Gasteiger partial charge is 0.200 e. The van der Waals surface area contributed by atoms with E-state index in [0.29, 0.717) is 6.92 Å². The summed E-state index contributed by atoms with van der Waals surface area (Å²) in [5, 5.41) is 0. The van der Waals surface area contributed by atoms with Gasteiger partial charge in [-0.25, -0.2) is 39.5 Å². The van der Waals surface area contributed by atoms with Crippen molar-refractivity contribution in [3.05, 3.63) is 113 Å². The third-order valence-electron chi connectivity index (χ3n) is 5.67. The standard InChI is InChI=1S/C16H18S.C13H3F9/c1-2-3-13-17-16-12-8-7-11-15(16)14-9-5-4-6-10-14;1-2-5(14)7(16)3(8(17)6(2)15)4-9(18)11(20)13(22)12(21)10(4)19/h4-12H,2-3,13H2,1H3;1H3. The Morgan fingerprint density at radius 2 is 0.974 bits per heavy atom. The highest BCUT2D eigenvalue weighted by Crippen LogP contribution is 2.37. The van der Waals surface area contributed by atoms with Crippen LogP contribution in [0.5, 0.6) is 0 Å². The molecule has 0 aliphatic heterocycles. The average Bonchev–Trinajstić information content (AvgIpc) is 2.96. The molecule has 0 radical (unpaired) electrons. The van der Waals surface area contributed by atoms with Gasteiger partial charge >= 0.3 is 0 Å². The summed E-state index contributed by atoms with van der Waals surface area (Å²) in [7, 11) is 0. The van der Waals surface area contributed by atoms with Crippen LogP contribution in [0.25, 0.3) is 22.3 Å². The molecule has 0 unspecified atom stereocenters. The summed E-state index contributed by atoms with van der Waals surface area (Å²) in [5.74, 6) is -20.2. The SMILES string of the molecule is CCCCSc1ccccc1-c1ccccc1.Cc1c(F)c(F)c(-c2c(F)c(F)c(F)c(F)c2F)c(F)c1F. The molecule has 0 heterocycles. The van der Waals surface area contributed by atoms with E-state index in [1.807, 2.05) is 11.8 Å². The van der Waals surface area contributed by atoms with Crippen molar-refractivity contribution in [2.24, 2.45) is 0 Å². The Morgan fingerprint density at radius 1 is 0.538 bits per heavy atom. The second-order valence-electron chi connectivity index (χ2n) is 8.27. The Labute approximate surface area is 223 Å². The number of halogens is 9. The molecule has 4 aromatic carbocycles. The van der Waals surface area contributed by atoms with Gasteiger partial charge in [0.15, 0.2) is 46.5 Å². The van der Waals surface area contributed by atoms with Gasteiger partial charge in [0, 0.05) is 10.5 Å². The van der Waals surface area contributed by atoms with Crippen molar-refractivity contribution < 1.29 is 39.5 Å². The van der Waals surface area contributed by atoms with Crippen molar-refractivity contribution in [1.29, 1.82) is 0 Å². The molecule has 0 atom stereocenters. The largest absolute Gasteiger partial charge is 0.203 e. The quantitative estimate of drug-likeness (QED) is 0.0729. The summed E-state index contributed by atoms with van der Waals surface area (Å²) in [5.41, 5.74) is -2.60. The zero-order chi connectivity index (χ0) is 28.9. The topological polar surface area (TPSA) is 0 Å². The Kier molecular flexibility index (Phi) is 10.1. The fraction of sp³-hybridized carbons (Fsp3) is 0.172. The molecule has 206 valence electrons. The lowest BCUT2D eigenvalue weighted by molar-refractivity contribution is 0.379. The number of thioether (sulfide) groups is 1. The first-order valence-electron chi connectivity index (χ1n) is 11.6. The van der Waals surface area contributed by atoms with Gasteiger partial charge in [-0.1, -0.05) is 61.9 Å². The first kappa shape index (κ1) is 30.1. The fourth-order valence-electron chi connectivity index (χ4n) is 3.56. The molecule has 10 heteroatoms. The molecule has 0 fully saturated rings. The minimum atomic E-state index is -2.59. The average molecular weight is 573 g/mol. The summed E-state index contributed by atoms with van der Waals surface area (Å²) >= 11 is 1.97. The molecule has 0 spiro atoms. The molecule has 0 aliphatic rings. The van der Waals surface area contributed by atoms with Crippen molar-refractivity contribution in [2.75, 3.05) is 5.75 Å². The zero-order valence-electron chi connectivity index (χ0n) is 20.6. The number of rotatable bonds is 6. The van der Waals surface area contributed by atoms with Crippen molar-refractivity contribution in [1.82, 2.24) is 0 Å². The van der Waals surface area contributed by atoms with Gasteiger partial charge < -0.3 is 0 Å². The Hall–Kier alpha value is -3.40. The minimum Gasteiger partial charge on any atom is -0.203 e. The second kappa shape index (κ2) is 13.1. The fourth-order valence-corrected chi connectivity index (χ4v) is 4.73. The van der Waals surface area contributed by atoms with Gasteiger partial charge in [-0.15, -0.1) is 11.8 Å². The molecule has 0 N–H and O–H groups in total. The number of unbranched alkanes of at least 4 members (excludes halogenated alkanes) is 1. The van der Waals surface area contributed by atoms with Gasteiger partial charge in [0.1, 0.15) is 0 Å². The van der Waals surface area contributed by atoms with Gasteiger partial charge in [-0.2, -0.15) is 0 Å². The van der Waals surface area contributed by atoms with Gasteiger partial charge in [-0.3, -0.25) is 0 Å². The number of benzene rings is 4. The van der Waals surface area contributed by atoms with Crippen LogP contribution in [0, 0.1) is 59.3 Å². The summed E-state index contributed by atoms with van der Waals surface area (Å²) < 4.78 is 120. The first-order chi connectivity index (χ1) is 18.5. The maximum Gasteiger partial charge on any atom is 0.200 e. The van der Waals surface area contributed by atoms with Crippen LogP contribution in [0.15, 0.2) is 59.5 Å². The first-order valence-corrected chi connectivity index (χ1v) is 12.6. The summed E-state index contributed by atoms with van der Waals surface area (Å²) in [4.78, 5) is 1.40. The predicted octanol–water partition coefficient (Wildman–Crippen LogP) is 10.2. The molecule has 0 bridgehead atoms. The minimum absolute atomic E-state index is 0.624. The summed E-state index contributed by atoms with van der Waals surface area (Å²) in [6.45, 7) is 2.86. The third-order valence-corrected chi connectivity index (χ3v) is 6.83. The number of hydrogen-bond donors (Lipinski definition) is 0. The molecule has 0 saturated carbocycles. The van der Waals surface area contributed by atoms with Crippen LogP contribution >= 0.6 is 11.8 Å². The van der Waals surface area contributed by atoms with E-state index in [4.69, 9.17) is 0 Å². The van der Waals surface area contributed by atoms with Crippen molar-refractivity contribution in [3.63, 3.8) is 0 Å². The van der Waals surface area contributed by atoms with E-state index in [-0.39, 0.29) is 0 Å². The van der Waals surface area contributed by atoms with Crippen LogP contribution in [0.2, 0.25) is 0 Å². The van der Waals surface area contributed by atoms with E-state index in [0.717, 1.165) is 0 Å². The summed E-state index contributed by atoms with van der Waals surface area (Å²) in [6.07, 6.45) is 2.55. The van der Waals surface area contributed by atoms with Crippen LogP contribution < -0.4 is 0 Å². The van der Waals surface area contributed by atoms with Gasteiger partial charge in [0.05, 0.1) is 11.1 Å². The maximum atomic E-state index is 13.7. The highest BCUT2D eigenvalue weighted by molar-refractivity contribution is 7.99. The number of hydrogen-bond acceptors (Lipinski definition) is 1. The van der Waals surface area contributed by atoms with E-state index in [9.17, 15) is 39.5 Å². The van der Waals surface area contributed by atoms with E-state index >= 15 is 0 Å².